The number of ether oxygens (including phenoxy) is 1. The topological polar surface area (TPSA) is 9.23 Å². The minimum atomic E-state index is 0.846. The normalized spacial score (nSPS) is 10.4. The highest BCUT2D eigenvalue weighted by Crippen LogP contribution is 2.06. The van der Waals surface area contributed by atoms with Crippen LogP contribution in [0.1, 0.15) is 19.3 Å². The van der Waals surface area contributed by atoms with Crippen molar-refractivity contribution < 1.29 is 4.74 Å². The van der Waals surface area contributed by atoms with Crippen molar-refractivity contribution in [2.45, 2.75) is 19.3 Å². The summed E-state index contributed by atoms with van der Waals surface area (Å²) in [5.74, 6) is 0. The molecule has 12 heavy (non-hydrogen) atoms. The Morgan fingerprint density at radius 3 is 2.75 bits per heavy atom. The number of unbranched alkanes of at least 4 members (excludes halogenated alkanes) is 1. The van der Waals surface area contributed by atoms with E-state index in [1.54, 1.807) is 13.2 Å². The SMILES string of the molecule is C=C/C=C\C(=C)CCCCOC. The van der Waals surface area contributed by atoms with Crippen LogP contribution in [0.3, 0.4) is 0 Å². The van der Waals surface area contributed by atoms with Crippen molar-refractivity contribution in [3.05, 3.63) is 37.0 Å². The first kappa shape index (κ1) is 11.2. The summed E-state index contributed by atoms with van der Waals surface area (Å²) in [7, 11) is 1.73. The van der Waals surface area contributed by atoms with E-state index in [2.05, 4.69) is 13.2 Å². The summed E-state index contributed by atoms with van der Waals surface area (Å²) in [6.45, 7) is 8.35. The fourth-order valence-corrected chi connectivity index (χ4v) is 0.886. The van der Waals surface area contributed by atoms with E-state index >= 15 is 0 Å². The second kappa shape index (κ2) is 8.28. The highest BCUT2D eigenvalue weighted by Gasteiger charge is 1.89. The van der Waals surface area contributed by atoms with Gasteiger partial charge in [-0.25, -0.2) is 0 Å². The molecule has 0 aliphatic heterocycles. The van der Waals surface area contributed by atoms with Crippen LogP contribution in [-0.4, -0.2) is 13.7 Å². The second-order valence-electron chi connectivity index (χ2n) is 2.70. The standard InChI is InChI=1S/C11H18O/c1-4-5-8-11(2)9-6-7-10-12-3/h4-5,8H,1-2,6-7,9-10H2,3H3/b8-5-. The molecular weight excluding hydrogens is 148 g/mol. The van der Waals surface area contributed by atoms with Gasteiger partial charge in [-0.1, -0.05) is 37.0 Å². The molecule has 0 spiro atoms. The van der Waals surface area contributed by atoms with Gasteiger partial charge in [0.2, 0.25) is 0 Å². The smallest absolute Gasteiger partial charge is 0.0462 e. The Hall–Kier alpha value is -0.820. The van der Waals surface area contributed by atoms with Crippen molar-refractivity contribution in [1.82, 2.24) is 0 Å². The molecule has 0 radical (unpaired) electrons. The minimum Gasteiger partial charge on any atom is -0.385 e. The van der Waals surface area contributed by atoms with E-state index in [4.69, 9.17) is 4.74 Å². The fraction of sp³-hybridized carbons (Fsp3) is 0.455. The molecule has 0 aromatic rings. The molecule has 0 heterocycles. The minimum absolute atomic E-state index is 0.846. The number of hydrogen-bond donors (Lipinski definition) is 0. The molecule has 0 atom stereocenters. The van der Waals surface area contributed by atoms with Crippen LogP contribution in [0.2, 0.25) is 0 Å². The van der Waals surface area contributed by atoms with Gasteiger partial charge >= 0.3 is 0 Å². The van der Waals surface area contributed by atoms with Crippen molar-refractivity contribution in [1.29, 1.82) is 0 Å². The highest BCUT2D eigenvalue weighted by atomic mass is 16.5. The number of rotatable bonds is 7. The van der Waals surface area contributed by atoms with Gasteiger partial charge in [0.05, 0.1) is 0 Å². The predicted molar refractivity (Wildman–Crippen MR) is 54.2 cm³/mol. The van der Waals surface area contributed by atoms with Gasteiger partial charge < -0.3 is 4.74 Å². The quantitative estimate of drug-likeness (QED) is 0.417. The molecule has 1 heteroatoms. The van der Waals surface area contributed by atoms with Gasteiger partial charge in [-0.3, -0.25) is 0 Å². The molecule has 0 aliphatic rings. The zero-order valence-electron chi connectivity index (χ0n) is 7.88. The third-order valence-corrected chi connectivity index (χ3v) is 1.56. The van der Waals surface area contributed by atoms with Crippen molar-refractivity contribution in [2.75, 3.05) is 13.7 Å². The van der Waals surface area contributed by atoms with Crippen LogP contribution < -0.4 is 0 Å². The molecule has 0 bridgehead atoms. The van der Waals surface area contributed by atoms with Crippen LogP contribution in [0.25, 0.3) is 0 Å². The Kier molecular flexibility index (Phi) is 7.71. The van der Waals surface area contributed by atoms with E-state index in [1.807, 2.05) is 12.2 Å². The average molecular weight is 166 g/mol. The average Bonchev–Trinajstić information content (AvgIpc) is 2.09. The monoisotopic (exact) mass is 166 g/mol. The van der Waals surface area contributed by atoms with Gasteiger partial charge in [-0.05, 0) is 19.3 Å². The van der Waals surface area contributed by atoms with Crippen LogP contribution >= 0.6 is 0 Å². The largest absolute Gasteiger partial charge is 0.385 e. The molecular formula is C11H18O. The summed E-state index contributed by atoms with van der Waals surface area (Å²) in [6.07, 6.45) is 8.98. The van der Waals surface area contributed by atoms with E-state index in [0.29, 0.717) is 0 Å². The lowest BCUT2D eigenvalue weighted by Gasteiger charge is -1.99. The van der Waals surface area contributed by atoms with Crippen LogP contribution in [0.4, 0.5) is 0 Å². The zero-order chi connectivity index (χ0) is 9.23. The Labute approximate surface area is 75.4 Å². The van der Waals surface area contributed by atoms with E-state index < -0.39 is 0 Å². The summed E-state index contributed by atoms with van der Waals surface area (Å²) in [5.41, 5.74) is 1.16. The molecule has 0 aromatic heterocycles. The molecule has 0 saturated heterocycles. The third kappa shape index (κ3) is 7.29. The number of methoxy groups -OCH3 is 1. The van der Waals surface area contributed by atoms with E-state index in [-0.39, 0.29) is 0 Å². The summed E-state index contributed by atoms with van der Waals surface area (Å²) < 4.78 is 4.94. The molecule has 0 fully saturated rings. The van der Waals surface area contributed by atoms with Gasteiger partial charge in [-0.15, -0.1) is 0 Å². The summed E-state index contributed by atoms with van der Waals surface area (Å²) >= 11 is 0. The third-order valence-electron chi connectivity index (χ3n) is 1.56. The van der Waals surface area contributed by atoms with E-state index in [0.717, 1.165) is 31.4 Å². The Morgan fingerprint density at radius 2 is 2.17 bits per heavy atom. The van der Waals surface area contributed by atoms with Crippen LogP contribution in [0.5, 0.6) is 0 Å². The van der Waals surface area contributed by atoms with Crippen molar-refractivity contribution >= 4 is 0 Å². The maximum Gasteiger partial charge on any atom is 0.0462 e. The van der Waals surface area contributed by atoms with Crippen LogP contribution in [0.15, 0.2) is 37.0 Å². The molecule has 0 amide bonds. The van der Waals surface area contributed by atoms with Crippen LogP contribution in [0, 0.1) is 0 Å². The summed E-state index contributed by atoms with van der Waals surface area (Å²) in [5, 5.41) is 0. The number of allylic oxidation sites excluding steroid dienone is 4. The molecule has 68 valence electrons. The lowest BCUT2D eigenvalue weighted by atomic mass is 10.1. The first-order valence-corrected chi connectivity index (χ1v) is 4.27. The van der Waals surface area contributed by atoms with Gasteiger partial charge in [0.25, 0.3) is 0 Å². The molecule has 0 saturated carbocycles. The van der Waals surface area contributed by atoms with Crippen LogP contribution in [-0.2, 0) is 4.74 Å². The van der Waals surface area contributed by atoms with E-state index in [1.165, 1.54) is 0 Å². The summed E-state index contributed by atoms with van der Waals surface area (Å²) in [4.78, 5) is 0. The second-order valence-corrected chi connectivity index (χ2v) is 2.70. The lowest BCUT2D eigenvalue weighted by Crippen LogP contribution is -1.88. The lowest BCUT2D eigenvalue weighted by molar-refractivity contribution is 0.193. The van der Waals surface area contributed by atoms with Crippen molar-refractivity contribution in [3.63, 3.8) is 0 Å². The molecule has 0 rings (SSSR count). The Bertz CT molecular complexity index is 156. The molecule has 0 N–H and O–H groups in total. The maximum atomic E-state index is 4.94. The predicted octanol–water partition coefficient (Wildman–Crippen LogP) is 3.10. The molecule has 0 aromatic carbocycles. The number of hydrogen-bond acceptors (Lipinski definition) is 1. The molecule has 0 aliphatic carbocycles. The Morgan fingerprint density at radius 1 is 1.42 bits per heavy atom. The van der Waals surface area contributed by atoms with Crippen molar-refractivity contribution in [2.24, 2.45) is 0 Å². The van der Waals surface area contributed by atoms with Gasteiger partial charge in [-0.2, -0.15) is 0 Å². The molecule has 0 unspecified atom stereocenters. The van der Waals surface area contributed by atoms with Gasteiger partial charge in [0, 0.05) is 13.7 Å². The Balaban J connectivity index is 3.31. The summed E-state index contributed by atoms with van der Waals surface area (Å²) in [6, 6.07) is 0. The first-order valence-electron chi connectivity index (χ1n) is 4.27. The molecule has 1 nitrogen and oxygen atoms in total. The zero-order valence-corrected chi connectivity index (χ0v) is 7.88. The van der Waals surface area contributed by atoms with Gasteiger partial charge in [0.15, 0.2) is 0 Å². The first-order chi connectivity index (χ1) is 5.81. The van der Waals surface area contributed by atoms with E-state index in [9.17, 15) is 0 Å². The highest BCUT2D eigenvalue weighted by molar-refractivity contribution is 5.17. The van der Waals surface area contributed by atoms with Crippen molar-refractivity contribution in [3.8, 4) is 0 Å². The fourth-order valence-electron chi connectivity index (χ4n) is 0.886. The van der Waals surface area contributed by atoms with Gasteiger partial charge in [0.1, 0.15) is 0 Å². The maximum absolute atomic E-state index is 4.94.